The summed E-state index contributed by atoms with van der Waals surface area (Å²) in [6.45, 7) is 12.4. The van der Waals surface area contributed by atoms with Crippen molar-refractivity contribution >= 4 is 34.3 Å². The molecule has 0 bridgehead atoms. The van der Waals surface area contributed by atoms with Crippen LogP contribution in [0.25, 0.3) is 28.1 Å². The molecule has 3 heterocycles. The smallest absolute Gasteiger partial charge is 0.364 e. The number of fused-ring (bicyclic) bond motifs is 1. The summed E-state index contributed by atoms with van der Waals surface area (Å²) in [4.78, 5) is 13.0. The van der Waals surface area contributed by atoms with Crippen molar-refractivity contribution in [1.82, 2.24) is 28.3 Å². The van der Waals surface area contributed by atoms with Crippen LogP contribution in [0.5, 0.6) is 0 Å². The monoisotopic (exact) mass is 511 g/mol. The van der Waals surface area contributed by atoms with Gasteiger partial charge in [-0.2, -0.15) is 21.9 Å². The van der Waals surface area contributed by atoms with Crippen LogP contribution in [0.1, 0.15) is 30.9 Å². The first-order valence-electron chi connectivity index (χ1n) is 11.1. The molecule has 0 saturated carbocycles. The predicted molar refractivity (Wildman–Crippen MR) is 136 cm³/mol. The minimum Gasteiger partial charge on any atom is -0.364 e. The van der Waals surface area contributed by atoms with Crippen molar-refractivity contribution < 1.29 is 13.2 Å². The van der Waals surface area contributed by atoms with Crippen LogP contribution in [0.4, 0.5) is 19.0 Å². The van der Waals surface area contributed by atoms with E-state index in [9.17, 15) is 13.2 Å². The molecule has 1 N–H and O–H groups in total. The van der Waals surface area contributed by atoms with Crippen LogP contribution in [0.3, 0.4) is 0 Å². The van der Waals surface area contributed by atoms with Crippen molar-refractivity contribution in [3.05, 3.63) is 78.4 Å². The van der Waals surface area contributed by atoms with Crippen molar-refractivity contribution in [3.8, 4) is 11.4 Å². The van der Waals surface area contributed by atoms with Crippen molar-refractivity contribution in [2.24, 2.45) is 13.0 Å². The largest absolute Gasteiger partial charge is 0.434 e. The molecule has 7 nitrogen and oxygen atoms in total. The quantitative estimate of drug-likeness (QED) is 0.280. The van der Waals surface area contributed by atoms with Gasteiger partial charge in [-0.1, -0.05) is 63.4 Å². The first-order valence-corrected chi connectivity index (χ1v) is 11.8. The van der Waals surface area contributed by atoms with Gasteiger partial charge in [-0.05, 0) is 17.1 Å². The SMILES string of the molecule is C=C/C(=C(\C=C)C(C)C)c1nc(NCc2ccc(-c3nc(C(F)(F)F)cn3C)cc2)c2nsnc2n1. The fourth-order valence-corrected chi connectivity index (χ4v) is 4.25. The molecular formula is C25H24F3N7S. The van der Waals surface area contributed by atoms with Crippen LogP contribution in [-0.2, 0) is 19.8 Å². The molecule has 4 aromatic rings. The molecule has 0 aliphatic heterocycles. The predicted octanol–water partition coefficient (Wildman–Crippen LogP) is 6.29. The number of allylic oxidation sites excluding steroid dienone is 4. The van der Waals surface area contributed by atoms with Crippen LogP contribution in [0.15, 0.2) is 61.3 Å². The summed E-state index contributed by atoms with van der Waals surface area (Å²) in [6.07, 6.45) is -0.0210. The van der Waals surface area contributed by atoms with E-state index in [1.807, 2.05) is 12.1 Å². The van der Waals surface area contributed by atoms with Crippen LogP contribution >= 0.6 is 11.7 Å². The lowest BCUT2D eigenvalue weighted by Crippen LogP contribution is -2.07. The maximum Gasteiger partial charge on any atom is 0.434 e. The van der Waals surface area contributed by atoms with Crippen LogP contribution < -0.4 is 5.32 Å². The Bertz CT molecular complexity index is 1450. The van der Waals surface area contributed by atoms with E-state index in [0.717, 1.165) is 34.6 Å². The van der Waals surface area contributed by atoms with Crippen LogP contribution in [-0.4, -0.2) is 28.3 Å². The molecule has 3 aromatic heterocycles. The van der Waals surface area contributed by atoms with Gasteiger partial charge in [0.05, 0.1) is 11.7 Å². The lowest BCUT2D eigenvalue weighted by Gasteiger charge is -2.13. The molecule has 0 unspecified atom stereocenters. The third-order valence-electron chi connectivity index (χ3n) is 5.56. The van der Waals surface area contributed by atoms with Gasteiger partial charge < -0.3 is 9.88 Å². The van der Waals surface area contributed by atoms with Gasteiger partial charge in [-0.25, -0.2) is 15.0 Å². The number of imidazole rings is 1. The molecule has 0 fully saturated rings. The fraction of sp³-hybridized carbons (Fsp3) is 0.240. The molecule has 1 aromatic carbocycles. The third kappa shape index (κ3) is 5.06. The lowest BCUT2D eigenvalue weighted by molar-refractivity contribution is -0.140. The highest BCUT2D eigenvalue weighted by atomic mass is 32.1. The number of anilines is 1. The summed E-state index contributed by atoms with van der Waals surface area (Å²) in [5, 5.41) is 3.29. The topological polar surface area (TPSA) is 81.4 Å². The molecule has 0 amide bonds. The van der Waals surface area contributed by atoms with Crippen molar-refractivity contribution in [2.75, 3.05) is 5.32 Å². The lowest BCUT2D eigenvalue weighted by atomic mass is 9.96. The summed E-state index contributed by atoms with van der Waals surface area (Å²) in [6, 6.07) is 7.13. The van der Waals surface area contributed by atoms with E-state index in [-0.39, 0.29) is 11.7 Å². The Balaban J connectivity index is 1.60. The minimum atomic E-state index is -4.49. The maximum absolute atomic E-state index is 13.0. The number of halogens is 3. The van der Waals surface area contributed by atoms with Gasteiger partial charge in [-0.3, -0.25) is 0 Å². The number of aromatic nitrogens is 6. The summed E-state index contributed by atoms with van der Waals surface area (Å²) >= 11 is 1.05. The summed E-state index contributed by atoms with van der Waals surface area (Å²) in [5.74, 6) is 1.44. The first kappa shape index (κ1) is 25.2. The highest BCUT2D eigenvalue weighted by Crippen LogP contribution is 2.31. The van der Waals surface area contributed by atoms with E-state index in [4.69, 9.17) is 4.98 Å². The van der Waals surface area contributed by atoms with Gasteiger partial charge in [-0.15, -0.1) is 0 Å². The standard InChI is InChI=1S/C25H24F3N7S/c1-6-17(14(3)4)18(7-2)21-31-22(20-23(32-21)34-36-33-20)29-12-15-8-10-16(11-9-15)24-30-19(13-35(24)5)25(26,27)28/h6-11,13-14H,1-2,12H2,3-5H3,(H,29,31,32,34)/b18-17-. The molecule has 0 saturated heterocycles. The number of benzene rings is 1. The second kappa shape index (κ2) is 10.0. The van der Waals surface area contributed by atoms with Gasteiger partial charge in [0.1, 0.15) is 5.82 Å². The molecule has 0 aliphatic rings. The first-order chi connectivity index (χ1) is 17.1. The Hall–Kier alpha value is -3.86. The Morgan fingerprint density at radius 1 is 1.08 bits per heavy atom. The Kier molecular flexibility index (Phi) is 7.02. The number of hydrogen-bond acceptors (Lipinski definition) is 7. The number of rotatable bonds is 8. The molecule has 0 atom stereocenters. The number of alkyl halides is 3. The van der Waals surface area contributed by atoms with E-state index in [1.165, 1.54) is 11.6 Å². The second-order valence-corrected chi connectivity index (χ2v) is 8.90. The zero-order valence-electron chi connectivity index (χ0n) is 20.0. The summed E-state index contributed by atoms with van der Waals surface area (Å²) < 4.78 is 49.0. The molecule has 11 heteroatoms. The van der Waals surface area contributed by atoms with E-state index in [1.54, 1.807) is 24.3 Å². The molecule has 0 radical (unpaired) electrons. The molecule has 0 spiro atoms. The Morgan fingerprint density at radius 3 is 2.39 bits per heavy atom. The molecule has 4 rings (SSSR count). The minimum absolute atomic E-state index is 0.198. The van der Waals surface area contributed by atoms with E-state index >= 15 is 0 Å². The second-order valence-electron chi connectivity index (χ2n) is 8.37. The zero-order chi connectivity index (χ0) is 26.0. The average Bonchev–Trinajstić information content (AvgIpc) is 3.47. The Morgan fingerprint density at radius 2 is 1.81 bits per heavy atom. The average molecular weight is 512 g/mol. The maximum atomic E-state index is 13.0. The van der Waals surface area contributed by atoms with Gasteiger partial charge >= 0.3 is 6.18 Å². The highest BCUT2D eigenvalue weighted by Gasteiger charge is 2.34. The molecule has 36 heavy (non-hydrogen) atoms. The zero-order valence-corrected chi connectivity index (χ0v) is 20.8. The summed E-state index contributed by atoms with van der Waals surface area (Å²) in [7, 11) is 1.54. The van der Waals surface area contributed by atoms with Crippen LogP contribution in [0.2, 0.25) is 0 Å². The molecule has 0 aliphatic carbocycles. The van der Waals surface area contributed by atoms with Gasteiger partial charge in [0.2, 0.25) is 0 Å². The van der Waals surface area contributed by atoms with E-state index < -0.39 is 11.9 Å². The number of nitrogens with zero attached hydrogens (tertiary/aromatic N) is 6. The van der Waals surface area contributed by atoms with Gasteiger partial charge in [0, 0.05) is 30.9 Å². The fourth-order valence-electron chi connectivity index (χ4n) is 3.76. The van der Waals surface area contributed by atoms with Crippen LogP contribution in [0, 0.1) is 5.92 Å². The van der Waals surface area contributed by atoms with Gasteiger partial charge in [0.15, 0.2) is 28.5 Å². The number of nitrogens with one attached hydrogen (secondary N) is 1. The van der Waals surface area contributed by atoms with Crippen molar-refractivity contribution in [2.45, 2.75) is 26.6 Å². The highest BCUT2D eigenvalue weighted by molar-refractivity contribution is 7.00. The third-order valence-corrected chi connectivity index (χ3v) is 6.08. The van der Waals surface area contributed by atoms with Crippen molar-refractivity contribution in [3.63, 3.8) is 0 Å². The normalized spacial score (nSPS) is 12.6. The molecule has 186 valence electrons. The number of aryl methyl sites for hydroxylation is 1. The number of hydrogen-bond donors (Lipinski definition) is 1. The van der Waals surface area contributed by atoms with E-state index in [0.29, 0.717) is 34.9 Å². The molecular weight excluding hydrogens is 487 g/mol. The van der Waals surface area contributed by atoms with Gasteiger partial charge in [0.25, 0.3) is 0 Å². The van der Waals surface area contributed by atoms with E-state index in [2.05, 4.69) is 51.0 Å². The summed E-state index contributed by atoms with van der Waals surface area (Å²) in [5.41, 5.74) is 3.34. The van der Waals surface area contributed by atoms with Crippen molar-refractivity contribution in [1.29, 1.82) is 0 Å². The Labute approximate surface area is 210 Å².